The molecule has 2 aromatic rings. The summed E-state index contributed by atoms with van der Waals surface area (Å²) >= 11 is 6.65. The molecule has 0 aromatic heterocycles. The molecule has 1 aliphatic rings. The highest BCUT2D eigenvalue weighted by atomic mass is 32.2. The Balaban J connectivity index is 1.65. The third kappa shape index (κ3) is 4.51. The second kappa shape index (κ2) is 8.47. The molecular weight excluding hydrogens is 366 g/mol. The van der Waals surface area contributed by atoms with Gasteiger partial charge in [0.1, 0.15) is 4.32 Å². The molecule has 0 atom stereocenters. The third-order valence-electron chi connectivity index (χ3n) is 4.21. The van der Waals surface area contributed by atoms with Crippen LogP contribution in [0, 0.1) is 0 Å². The molecule has 0 radical (unpaired) electrons. The van der Waals surface area contributed by atoms with Gasteiger partial charge in [0.05, 0.1) is 4.91 Å². The molecule has 1 amide bonds. The van der Waals surface area contributed by atoms with Gasteiger partial charge in [0.15, 0.2) is 0 Å². The van der Waals surface area contributed by atoms with Gasteiger partial charge in [0.25, 0.3) is 5.91 Å². The van der Waals surface area contributed by atoms with Crippen LogP contribution >= 0.6 is 24.0 Å². The van der Waals surface area contributed by atoms with Crippen LogP contribution in [0.25, 0.3) is 16.8 Å². The van der Waals surface area contributed by atoms with E-state index in [4.69, 9.17) is 12.2 Å². The quantitative estimate of drug-likeness (QED) is 0.416. The number of carboxylic acids is 1. The zero-order valence-electron chi connectivity index (χ0n) is 14.1. The van der Waals surface area contributed by atoms with E-state index in [1.165, 1.54) is 11.8 Å². The third-order valence-corrected chi connectivity index (χ3v) is 5.59. The minimum Gasteiger partial charge on any atom is -0.550 e. The van der Waals surface area contributed by atoms with E-state index in [-0.39, 0.29) is 12.3 Å². The normalized spacial score (nSPS) is 16.0. The first-order chi connectivity index (χ1) is 12.5. The van der Waals surface area contributed by atoms with Crippen molar-refractivity contribution in [3.05, 3.63) is 52.9 Å². The van der Waals surface area contributed by atoms with Crippen molar-refractivity contribution < 1.29 is 14.7 Å². The number of carbonyl (C=O) groups excluding carboxylic acids is 2. The molecule has 0 N–H and O–H groups in total. The standard InChI is InChI=1S/C20H19NO3S2/c22-18(23)8-2-1-5-11-21-19(24)17(26-20(21)25)13-14-9-10-15-6-3-4-7-16(15)12-14/h3-4,6-7,9-10,12-13H,1-2,5,8,11H2,(H,22,23)/p-1/b17-13+. The van der Waals surface area contributed by atoms with Crippen molar-refractivity contribution in [2.45, 2.75) is 25.7 Å². The number of thiocarbonyl (C=S) groups is 1. The van der Waals surface area contributed by atoms with Crippen LogP contribution in [0.15, 0.2) is 47.4 Å². The lowest BCUT2D eigenvalue weighted by molar-refractivity contribution is -0.305. The highest BCUT2D eigenvalue weighted by molar-refractivity contribution is 8.26. The number of rotatable bonds is 7. The molecular formula is C20H18NO3S2-. The van der Waals surface area contributed by atoms with Crippen LogP contribution in [-0.4, -0.2) is 27.6 Å². The Bertz CT molecular complexity index is 892. The summed E-state index contributed by atoms with van der Waals surface area (Å²) in [5.41, 5.74) is 0.971. The van der Waals surface area contributed by atoms with Gasteiger partial charge in [-0.3, -0.25) is 9.69 Å². The molecule has 3 rings (SSSR count). The molecule has 1 fully saturated rings. The fourth-order valence-corrected chi connectivity index (χ4v) is 4.17. The van der Waals surface area contributed by atoms with Crippen molar-refractivity contribution in [3.63, 3.8) is 0 Å². The number of aliphatic carboxylic acids is 1. The number of thioether (sulfide) groups is 1. The van der Waals surface area contributed by atoms with Gasteiger partial charge in [0.2, 0.25) is 0 Å². The summed E-state index contributed by atoms with van der Waals surface area (Å²) in [5.74, 6) is -1.11. The van der Waals surface area contributed by atoms with Crippen LogP contribution in [0.4, 0.5) is 0 Å². The summed E-state index contributed by atoms with van der Waals surface area (Å²) < 4.78 is 0.557. The Morgan fingerprint density at radius 3 is 2.65 bits per heavy atom. The van der Waals surface area contributed by atoms with E-state index in [1.54, 1.807) is 4.90 Å². The highest BCUT2D eigenvalue weighted by Crippen LogP contribution is 2.33. The van der Waals surface area contributed by atoms with E-state index < -0.39 is 5.97 Å². The van der Waals surface area contributed by atoms with Gasteiger partial charge in [0, 0.05) is 12.5 Å². The molecule has 0 spiro atoms. The van der Waals surface area contributed by atoms with Crippen molar-refractivity contribution in [2.24, 2.45) is 0 Å². The van der Waals surface area contributed by atoms with Crippen LogP contribution in [-0.2, 0) is 9.59 Å². The largest absolute Gasteiger partial charge is 0.550 e. The van der Waals surface area contributed by atoms with E-state index in [9.17, 15) is 14.7 Å². The first-order valence-corrected chi connectivity index (χ1v) is 9.71. The molecule has 6 heteroatoms. The zero-order chi connectivity index (χ0) is 18.5. The van der Waals surface area contributed by atoms with E-state index in [0.717, 1.165) is 29.2 Å². The van der Waals surface area contributed by atoms with Gasteiger partial charge in [-0.15, -0.1) is 0 Å². The number of unbranched alkanes of at least 4 members (excludes halogenated alkanes) is 2. The zero-order valence-corrected chi connectivity index (χ0v) is 15.8. The average molecular weight is 385 g/mol. The SMILES string of the molecule is O=C([O-])CCCCCN1C(=O)/C(=C\c2ccc3ccccc3c2)SC1=S. The van der Waals surface area contributed by atoms with Crippen LogP contribution in [0.3, 0.4) is 0 Å². The van der Waals surface area contributed by atoms with E-state index in [0.29, 0.717) is 22.2 Å². The minimum absolute atomic E-state index is 0.0558. The van der Waals surface area contributed by atoms with Crippen molar-refractivity contribution in [3.8, 4) is 0 Å². The summed E-state index contributed by atoms with van der Waals surface area (Å²) in [6.07, 6.45) is 3.95. The average Bonchev–Trinajstić information content (AvgIpc) is 2.88. The number of carboxylic acid groups (broad SMARTS) is 1. The number of hydrogen-bond donors (Lipinski definition) is 0. The second-order valence-electron chi connectivity index (χ2n) is 6.12. The maximum absolute atomic E-state index is 12.6. The van der Waals surface area contributed by atoms with Gasteiger partial charge < -0.3 is 9.90 Å². The van der Waals surface area contributed by atoms with E-state index in [2.05, 4.69) is 12.1 Å². The van der Waals surface area contributed by atoms with Crippen LogP contribution in [0.1, 0.15) is 31.2 Å². The van der Waals surface area contributed by atoms with E-state index >= 15 is 0 Å². The molecule has 2 aromatic carbocycles. The Morgan fingerprint density at radius 1 is 1.12 bits per heavy atom. The molecule has 0 saturated carbocycles. The number of nitrogens with zero attached hydrogens (tertiary/aromatic N) is 1. The maximum atomic E-state index is 12.6. The van der Waals surface area contributed by atoms with Crippen molar-refractivity contribution >= 4 is 57.0 Å². The van der Waals surface area contributed by atoms with Crippen molar-refractivity contribution in [2.75, 3.05) is 6.54 Å². The summed E-state index contributed by atoms with van der Waals surface area (Å²) in [7, 11) is 0. The number of hydrogen-bond acceptors (Lipinski definition) is 5. The lowest BCUT2D eigenvalue weighted by atomic mass is 10.1. The second-order valence-corrected chi connectivity index (χ2v) is 7.80. The molecule has 26 heavy (non-hydrogen) atoms. The Labute approximate surface area is 161 Å². The first kappa shape index (κ1) is 18.6. The summed E-state index contributed by atoms with van der Waals surface area (Å²) in [6, 6.07) is 14.2. The van der Waals surface area contributed by atoms with Gasteiger partial charge in [-0.25, -0.2) is 0 Å². The minimum atomic E-state index is -1.03. The molecule has 4 nitrogen and oxygen atoms in total. The van der Waals surface area contributed by atoms with Crippen molar-refractivity contribution in [1.82, 2.24) is 4.90 Å². The number of fused-ring (bicyclic) bond motifs is 1. The van der Waals surface area contributed by atoms with E-state index in [1.807, 2.05) is 36.4 Å². The lowest BCUT2D eigenvalue weighted by Crippen LogP contribution is -2.29. The maximum Gasteiger partial charge on any atom is 0.266 e. The summed E-state index contributed by atoms with van der Waals surface area (Å²) in [4.78, 5) is 25.2. The Hall–Kier alpha value is -2.18. The number of benzene rings is 2. The Kier molecular flexibility index (Phi) is 6.06. The van der Waals surface area contributed by atoms with Gasteiger partial charge >= 0.3 is 0 Å². The van der Waals surface area contributed by atoms with Gasteiger partial charge in [-0.05, 0) is 47.7 Å². The Morgan fingerprint density at radius 2 is 1.88 bits per heavy atom. The predicted octanol–water partition coefficient (Wildman–Crippen LogP) is 3.35. The van der Waals surface area contributed by atoms with Crippen molar-refractivity contribution in [1.29, 1.82) is 0 Å². The van der Waals surface area contributed by atoms with Gasteiger partial charge in [-0.2, -0.15) is 0 Å². The predicted molar refractivity (Wildman–Crippen MR) is 107 cm³/mol. The van der Waals surface area contributed by atoms with Crippen LogP contribution in [0.5, 0.6) is 0 Å². The van der Waals surface area contributed by atoms with Gasteiger partial charge in [-0.1, -0.05) is 66.8 Å². The molecule has 0 bridgehead atoms. The topological polar surface area (TPSA) is 60.4 Å². The van der Waals surface area contributed by atoms with Crippen LogP contribution in [0.2, 0.25) is 0 Å². The summed E-state index contributed by atoms with van der Waals surface area (Å²) in [6.45, 7) is 0.521. The smallest absolute Gasteiger partial charge is 0.266 e. The monoisotopic (exact) mass is 384 g/mol. The first-order valence-electron chi connectivity index (χ1n) is 8.48. The molecule has 0 unspecified atom stereocenters. The van der Waals surface area contributed by atoms with Crippen LogP contribution < -0.4 is 5.11 Å². The molecule has 1 aliphatic heterocycles. The lowest BCUT2D eigenvalue weighted by Gasteiger charge is -2.14. The number of amides is 1. The molecule has 0 aliphatic carbocycles. The highest BCUT2D eigenvalue weighted by Gasteiger charge is 2.31. The molecule has 134 valence electrons. The number of carbonyl (C=O) groups is 2. The molecule has 1 heterocycles. The summed E-state index contributed by atoms with van der Waals surface area (Å²) in [5, 5.41) is 12.7. The molecule has 1 saturated heterocycles. The fraction of sp³-hybridized carbons (Fsp3) is 0.250. The fourth-order valence-electron chi connectivity index (χ4n) is 2.86.